The third-order valence-electron chi connectivity index (χ3n) is 5.31. The summed E-state index contributed by atoms with van der Waals surface area (Å²) in [6, 6.07) is 15.6. The molecule has 2 aromatic rings. The van der Waals surface area contributed by atoms with E-state index in [1.807, 2.05) is 59.5 Å². The van der Waals surface area contributed by atoms with Gasteiger partial charge in [0.2, 0.25) is 0 Å². The van der Waals surface area contributed by atoms with Gasteiger partial charge in [-0.25, -0.2) is 0 Å². The van der Waals surface area contributed by atoms with Crippen LogP contribution in [0.25, 0.3) is 6.08 Å². The summed E-state index contributed by atoms with van der Waals surface area (Å²) in [4.78, 5) is 15.5. The Bertz CT molecular complexity index is 953. The van der Waals surface area contributed by atoms with E-state index in [2.05, 4.69) is 0 Å². The van der Waals surface area contributed by atoms with Crippen molar-refractivity contribution < 1.29 is 9.53 Å². The average molecular weight is 444 g/mol. The highest BCUT2D eigenvalue weighted by Gasteiger charge is 2.37. The lowest BCUT2D eigenvalue weighted by Crippen LogP contribution is -2.39. The highest BCUT2D eigenvalue weighted by Crippen LogP contribution is 2.38. The first-order valence-electron chi connectivity index (χ1n) is 9.86. The van der Waals surface area contributed by atoms with Gasteiger partial charge in [-0.1, -0.05) is 91.2 Å². The molecule has 0 aromatic heterocycles. The van der Waals surface area contributed by atoms with Crippen LogP contribution in [0.2, 0.25) is 5.02 Å². The van der Waals surface area contributed by atoms with Crippen molar-refractivity contribution in [2.24, 2.45) is 0 Å². The van der Waals surface area contributed by atoms with Crippen molar-refractivity contribution in [3.05, 3.63) is 69.6 Å². The van der Waals surface area contributed by atoms with E-state index in [-0.39, 0.29) is 11.9 Å². The largest absolute Gasteiger partial charge is 0.488 e. The standard InChI is InChI=1S/C23H22ClNO2S2/c24-19-12-6-4-9-17(19)15-27-20-13-7-5-8-16(20)14-21-22(26)25(23(28)29-21)18-10-2-1-3-11-18/h4-9,12-14,18H,1-3,10-11,15H2. The molecule has 4 rings (SSSR count). The molecule has 1 aliphatic heterocycles. The third kappa shape index (κ3) is 4.68. The SMILES string of the molecule is O=C1C(=Cc2ccccc2OCc2ccccc2Cl)SC(=S)N1C1CCCCC1. The maximum atomic E-state index is 13.0. The molecule has 2 fully saturated rings. The van der Waals surface area contributed by atoms with Crippen molar-refractivity contribution in [1.82, 2.24) is 4.90 Å². The molecule has 0 spiro atoms. The van der Waals surface area contributed by atoms with Crippen LogP contribution in [0.3, 0.4) is 0 Å². The number of para-hydroxylation sites is 1. The highest BCUT2D eigenvalue weighted by atomic mass is 35.5. The van der Waals surface area contributed by atoms with Gasteiger partial charge in [-0.05, 0) is 31.1 Å². The predicted molar refractivity (Wildman–Crippen MR) is 124 cm³/mol. The zero-order chi connectivity index (χ0) is 20.2. The van der Waals surface area contributed by atoms with Crippen LogP contribution in [0.5, 0.6) is 5.75 Å². The third-order valence-corrected chi connectivity index (χ3v) is 7.01. The summed E-state index contributed by atoms with van der Waals surface area (Å²) in [6.07, 6.45) is 7.55. The molecule has 29 heavy (non-hydrogen) atoms. The van der Waals surface area contributed by atoms with E-state index in [4.69, 9.17) is 28.6 Å². The number of rotatable bonds is 5. The number of hydrogen-bond donors (Lipinski definition) is 0. The molecule has 0 unspecified atom stereocenters. The van der Waals surface area contributed by atoms with Crippen molar-refractivity contribution in [2.75, 3.05) is 0 Å². The smallest absolute Gasteiger partial charge is 0.266 e. The first-order chi connectivity index (χ1) is 14.1. The number of halogens is 1. The molecular formula is C23H22ClNO2S2. The van der Waals surface area contributed by atoms with Crippen molar-refractivity contribution in [1.29, 1.82) is 0 Å². The van der Waals surface area contributed by atoms with Crippen LogP contribution in [-0.4, -0.2) is 21.2 Å². The average Bonchev–Trinajstić information content (AvgIpc) is 3.02. The maximum Gasteiger partial charge on any atom is 0.266 e. The molecule has 1 saturated carbocycles. The molecule has 1 heterocycles. The van der Waals surface area contributed by atoms with Crippen LogP contribution in [0, 0.1) is 0 Å². The number of amides is 1. The molecule has 3 nitrogen and oxygen atoms in total. The Morgan fingerprint density at radius 2 is 1.83 bits per heavy atom. The summed E-state index contributed by atoms with van der Waals surface area (Å²) >= 11 is 13.2. The van der Waals surface area contributed by atoms with Gasteiger partial charge in [0.15, 0.2) is 0 Å². The first-order valence-corrected chi connectivity index (χ1v) is 11.5. The lowest BCUT2D eigenvalue weighted by Gasteiger charge is -2.29. The molecule has 150 valence electrons. The van der Waals surface area contributed by atoms with Gasteiger partial charge in [0, 0.05) is 22.2 Å². The Kier molecular flexibility index (Phi) is 6.58. The second-order valence-corrected chi connectivity index (χ2v) is 9.34. The topological polar surface area (TPSA) is 29.5 Å². The van der Waals surface area contributed by atoms with E-state index in [0.717, 1.165) is 29.7 Å². The van der Waals surface area contributed by atoms with E-state index in [1.165, 1.54) is 31.0 Å². The molecule has 6 heteroatoms. The lowest BCUT2D eigenvalue weighted by atomic mass is 9.94. The highest BCUT2D eigenvalue weighted by molar-refractivity contribution is 8.26. The number of thiocarbonyl (C=S) groups is 1. The second kappa shape index (κ2) is 9.33. The van der Waals surface area contributed by atoms with Crippen LogP contribution >= 0.6 is 35.6 Å². The molecule has 0 atom stereocenters. The summed E-state index contributed by atoms with van der Waals surface area (Å²) in [5.74, 6) is 0.739. The van der Waals surface area contributed by atoms with Crippen LogP contribution in [-0.2, 0) is 11.4 Å². The van der Waals surface area contributed by atoms with E-state index in [0.29, 0.717) is 20.9 Å². The normalized spacial score (nSPS) is 19.2. The maximum absolute atomic E-state index is 13.0. The predicted octanol–water partition coefficient (Wildman–Crippen LogP) is 6.45. The van der Waals surface area contributed by atoms with E-state index < -0.39 is 0 Å². The van der Waals surface area contributed by atoms with Crippen LogP contribution in [0.15, 0.2) is 53.4 Å². The Morgan fingerprint density at radius 1 is 1.10 bits per heavy atom. The fourth-order valence-corrected chi connectivity index (χ4v) is 5.36. The van der Waals surface area contributed by atoms with Gasteiger partial charge in [-0.3, -0.25) is 9.69 Å². The van der Waals surface area contributed by atoms with Crippen LogP contribution in [0.1, 0.15) is 43.2 Å². The Labute approximate surface area is 186 Å². The van der Waals surface area contributed by atoms with Crippen molar-refractivity contribution in [3.8, 4) is 5.75 Å². The molecule has 0 N–H and O–H groups in total. The quantitative estimate of drug-likeness (QED) is 0.392. The number of thioether (sulfide) groups is 1. The minimum Gasteiger partial charge on any atom is -0.488 e. The zero-order valence-electron chi connectivity index (χ0n) is 16.0. The summed E-state index contributed by atoms with van der Waals surface area (Å²) in [6.45, 7) is 0.369. The monoisotopic (exact) mass is 443 g/mol. The molecule has 2 aliphatic rings. The number of nitrogens with zero attached hydrogens (tertiary/aromatic N) is 1. The molecular weight excluding hydrogens is 422 g/mol. The van der Waals surface area contributed by atoms with E-state index in [9.17, 15) is 4.79 Å². The zero-order valence-corrected chi connectivity index (χ0v) is 18.4. The van der Waals surface area contributed by atoms with Gasteiger partial charge in [0.05, 0.1) is 4.91 Å². The van der Waals surface area contributed by atoms with Gasteiger partial charge in [-0.15, -0.1) is 0 Å². The summed E-state index contributed by atoms with van der Waals surface area (Å²) in [7, 11) is 0. The van der Waals surface area contributed by atoms with Crippen molar-refractivity contribution >= 4 is 51.9 Å². The molecule has 1 saturated heterocycles. The summed E-state index contributed by atoms with van der Waals surface area (Å²) in [5, 5.41) is 0.679. The van der Waals surface area contributed by atoms with Gasteiger partial charge in [0.25, 0.3) is 5.91 Å². The molecule has 0 bridgehead atoms. The number of ether oxygens (including phenoxy) is 1. The number of hydrogen-bond acceptors (Lipinski definition) is 4. The summed E-state index contributed by atoms with van der Waals surface area (Å²) in [5.41, 5.74) is 1.79. The number of benzene rings is 2. The van der Waals surface area contributed by atoms with Crippen LogP contribution in [0.4, 0.5) is 0 Å². The van der Waals surface area contributed by atoms with E-state index >= 15 is 0 Å². The van der Waals surface area contributed by atoms with Crippen molar-refractivity contribution in [2.45, 2.75) is 44.8 Å². The summed E-state index contributed by atoms with van der Waals surface area (Å²) < 4.78 is 6.69. The number of carbonyl (C=O) groups is 1. The second-order valence-electron chi connectivity index (χ2n) is 7.26. The Balaban J connectivity index is 1.53. The lowest BCUT2D eigenvalue weighted by molar-refractivity contribution is -0.124. The van der Waals surface area contributed by atoms with Gasteiger partial charge >= 0.3 is 0 Å². The van der Waals surface area contributed by atoms with Gasteiger partial charge in [0.1, 0.15) is 16.7 Å². The fraction of sp³-hybridized carbons (Fsp3) is 0.304. The first kappa shape index (κ1) is 20.5. The molecule has 0 radical (unpaired) electrons. The minimum atomic E-state index is 0.0211. The van der Waals surface area contributed by atoms with Gasteiger partial charge in [-0.2, -0.15) is 0 Å². The molecule has 1 aliphatic carbocycles. The number of carbonyl (C=O) groups excluding carboxylic acids is 1. The van der Waals surface area contributed by atoms with Crippen LogP contribution < -0.4 is 4.74 Å². The fourth-order valence-electron chi connectivity index (χ4n) is 3.78. The Hall–Kier alpha value is -1.82. The van der Waals surface area contributed by atoms with Gasteiger partial charge < -0.3 is 4.74 Å². The Morgan fingerprint density at radius 3 is 2.62 bits per heavy atom. The molecule has 2 aromatic carbocycles. The minimum absolute atomic E-state index is 0.0211. The molecule has 1 amide bonds. The van der Waals surface area contributed by atoms with Crippen molar-refractivity contribution in [3.63, 3.8) is 0 Å². The van der Waals surface area contributed by atoms with E-state index in [1.54, 1.807) is 0 Å².